The Morgan fingerprint density at radius 2 is 2.60 bits per heavy atom. The smallest absolute Gasteiger partial charge is 0.0708 e. The van der Waals surface area contributed by atoms with Gasteiger partial charge in [-0.1, -0.05) is 0 Å². The number of aromatic nitrogens is 2. The summed E-state index contributed by atoms with van der Waals surface area (Å²) < 4.78 is 2.82. The van der Waals surface area contributed by atoms with Crippen LogP contribution in [0.1, 0.15) is 6.92 Å². The van der Waals surface area contributed by atoms with Gasteiger partial charge in [0.25, 0.3) is 0 Å². The number of hydrogen-bond donors (Lipinski definition) is 1. The van der Waals surface area contributed by atoms with Gasteiger partial charge >= 0.3 is 0 Å². The first kappa shape index (κ1) is 8.00. The van der Waals surface area contributed by atoms with Crippen molar-refractivity contribution in [1.29, 1.82) is 0 Å². The zero-order valence-corrected chi connectivity index (χ0v) is 7.82. The van der Waals surface area contributed by atoms with Crippen LogP contribution in [0.3, 0.4) is 0 Å². The molecule has 1 aromatic heterocycles. The van der Waals surface area contributed by atoms with Gasteiger partial charge in [-0.25, -0.2) is 0 Å². The predicted molar refractivity (Wildman–Crippen MR) is 46.6 cm³/mol. The molecular weight excluding hydrogens is 243 g/mol. The number of halogens is 1. The molecule has 0 fully saturated rings. The third-order valence-corrected chi connectivity index (χ3v) is 1.61. The van der Waals surface area contributed by atoms with Gasteiger partial charge < -0.3 is 5.11 Å². The number of nitrogens with zero attached hydrogens (tertiary/aromatic N) is 2. The topological polar surface area (TPSA) is 38.0 Å². The van der Waals surface area contributed by atoms with Crippen molar-refractivity contribution in [2.24, 2.45) is 0 Å². The molecule has 0 aliphatic carbocycles. The van der Waals surface area contributed by atoms with Crippen molar-refractivity contribution in [3.05, 3.63) is 16.0 Å². The molecule has 1 atom stereocenters. The van der Waals surface area contributed by atoms with Crippen molar-refractivity contribution in [1.82, 2.24) is 9.78 Å². The second-order valence-electron chi connectivity index (χ2n) is 2.23. The molecule has 1 N–H and O–H groups in total. The van der Waals surface area contributed by atoms with Crippen LogP contribution in [0.4, 0.5) is 0 Å². The summed E-state index contributed by atoms with van der Waals surface area (Å²) in [5, 5.41) is 13.0. The van der Waals surface area contributed by atoms with Crippen LogP contribution in [0.25, 0.3) is 0 Å². The predicted octanol–water partition coefficient (Wildman–Crippen LogP) is 0.869. The van der Waals surface area contributed by atoms with Crippen LogP contribution in [0, 0.1) is 3.57 Å². The molecule has 0 aliphatic rings. The molecule has 0 saturated carbocycles. The fourth-order valence-corrected chi connectivity index (χ4v) is 1.15. The molecule has 0 amide bonds. The van der Waals surface area contributed by atoms with Gasteiger partial charge in [0, 0.05) is 6.20 Å². The average molecular weight is 252 g/mol. The lowest BCUT2D eigenvalue weighted by atomic mass is 10.4. The highest BCUT2D eigenvalue weighted by molar-refractivity contribution is 14.1. The molecule has 1 heterocycles. The summed E-state index contributed by atoms with van der Waals surface area (Å²) in [5.41, 5.74) is 0. The van der Waals surface area contributed by atoms with Crippen LogP contribution in [0.15, 0.2) is 12.4 Å². The van der Waals surface area contributed by atoms with Crippen LogP contribution in [0.5, 0.6) is 0 Å². The van der Waals surface area contributed by atoms with Crippen LogP contribution in [-0.4, -0.2) is 21.0 Å². The second-order valence-corrected chi connectivity index (χ2v) is 3.48. The monoisotopic (exact) mass is 252 g/mol. The molecule has 0 spiro atoms. The van der Waals surface area contributed by atoms with Crippen molar-refractivity contribution in [2.45, 2.75) is 19.6 Å². The molecule has 3 nitrogen and oxygen atoms in total. The lowest BCUT2D eigenvalue weighted by Gasteiger charge is -2.01. The van der Waals surface area contributed by atoms with Crippen molar-refractivity contribution >= 4 is 22.6 Å². The summed E-state index contributed by atoms with van der Waals surface area (Å²) in [4.78, 5) is 0. The Hall–Kier alpha value is -0.100. The van der Waals surface area contributed by atoms with Crippen LogP contribution >= 0.6 is 22.6 Å². The van der Waals surface area contributed by atoms with E-state index in [-0.39, 0.29) is 6.10 Å². The van der Waals surface area contributed by atoms with Crippen molar-refractivity contribution in [2.75, 3.05) is 0 Å². The van der Waals surface area contributed by atoms with E-state index >= 15 is 0 Å². The van der Waals surface area contributed by atoms with Gasteiger partial charge in [-0.05, 0) is 29.5 Å². The maximum absolute atomic E-state index is 8.95. The summed E-state index contributed by atoms with van der Waals surface area (Å²) in [7, 11) is 0. The summed E-state index contributed by atoms with van der Waals surface area (Å²) in [5.74, 6) is 0. The highest BCUT2D eigenvalue weighted by Gasteiger charge is 1.98. The van der Waals surface area contributed by atoms with E-state index in [1.807, 2.05) is 6.20 Å². The van der Waals surface area contributed by atoms with Gasteiger partial charge in [-0.2, -0.15) is 5.10 Å². The van der Waals surface area contributed by atoms with Gasteiger partial charge in [-0.3, -0.25) is 4.68 Å². The van der Waals surface area contributed by atoms with E-state index in [9.17, 15) is 0 Å². The zero-order chi connectivity index (χ0) is 7.56. The molecular formula is C6H9IN2O. The second kappa shape index (κ2) is 3.34. The van der Waals surface area contributed by atoms with Gasteiger partial charge in [0.2, 0.25) is 0 Å². The standard InChI is InChI=1S/C6H9IN2O/c1-5(10)3-9-4-6(7)2-8-9/h2,4-5,10H,3H2,1H3/t5-/m0/s1. The largest absolute Gasteiger partial charge is 0.391 e. The van der Waals surface area contributed by atoms with Gasteiger partial charge in [0.15, 0.2) is 0 Å². The molecule has 0 saturated heterocycles. The third-order valence-electron chi connectivity index (χ3n) is 1.05. The van der Waals surface area contributed by atoms with Gasteiger partial charge in [0.1, 0.15) is 0 Å². The number of aliphatic hydroxyl groups is 1. The molecule has 0 radical (unpaired) electrons. The maximum Gasteiger partial charge on any atom is 0.0708 e. The van der Waals surface area contributed by atoms with E-state index in [0.717, 1.165) is 3.57 Å². The summed E-state index contributed by atoms with van der Waals surface area (Å²) in [6.07, 6.45) is 3.34. The Morgan fingerprint density at radius 1 is 1.90 bits per heavy atom. The minimum absolute atomic E-state index is 0.323. The SMILES string of the molecule is C[C@H](O)Cn1cc(I)cn1. The normalized spacial score (nSPS) is 13.5. The van der Waals surface area contributed by atoms with Crippen molar-refractivity contribution in [3.8, 4) is 0 Å². The molecule has 0 bridgehead atoms. The Morgan fingerprint density at radius 3 is 3.00 bits per heavy atom. The van der Waals surface area contributed by atoms with Crippen LogP contribution in [-0.2, 0) is 6.54 Å². The summed E-state index contributed by atoms with van der Waals surface area (Å²) in [6.45, 7) is 2.32. The summed E-state index contributed by atoms with van der Waals surface area (Å²) in [6, 6.07) is 0. The Kier molecular flexibility index (Phi) is 2.67. The minimum Gasteiger partial charge on any atom is -0.391 e. The Balaban J connectivity index is 2.58. The molecule has 56 valence electrons. The lowest BCUT2D eigenvalue weighted by Crippen LogP contribution is -2.11. The Labute approximate surface area is 73.2 Å². The molecule has 0 unspecified atom stereocenters. The average Bonchev–Trinajstić information content (AvgIpc) is 2.13. The van der Waals surface area contributed by atoms with E-state index < -0.39 is 0 Å². The fourth-order valence-electron chi connectivity index (χ4n) is 0.709. The number of rotatable bonds is 2. The van der Waals surface area contributed by atoms with Gasteiger partial charge in [-0.15, -0.1) is 0 Å². The molecule has 10 heavy (non-hydrogen) atoms. The highest BCUT2D eigenvalue weighted by atomic mass is 127. The quantitative estimate of drug-likeness (QED) is 0.793. The van der Waals surface area contributed by atoms with Crippen molar-refractivity contribution < 1.29 is 5.11 Å². The molecule has 1 rings (SSSR count). The van der Waals surface area contributed by atoms with Crippen LogP contribution in [0.2, 0.25) is 0 Å². The number of aliphatic hydroxyl groups excluding tert-OH is 1. The minimum atomic E-state index is -0.323. The lowest BCUT2D eigenvalue weighted by molar-refractivity contribution is 0.168. The van der Waals surface area contributed by atoms with E-state index in [0.29, 0.717) is 6.54 Å². The van der Waals surface area contributed by atoms with E-state index in [1.165, 1.54) is 0 Å². The first-order valence-electron chi connectivity index (χ1n) is 3.04. The molecule has 4 heteroatoms. The third kappa shape index (κ3) is 2.26. The van der Waals surface area contributed by atoms with Crippen LogP contribution < -0.4 is 0 Å². The first-order chi connectivity index (χ1) is 4.68. The first-order valence-corrected chi connectivity index (χ1v) is 4.12. The Bertz CT molecular complexity index is 209. The zero-order valence-electron chi connectivity index (χ0n) is 5.66. The summed E-state index contributed by atoms with van der Waals surface area (Å²) >= 11 is 2.18. The molecule has 0 aromatic carbocycles. The highest BCUT2D eigenvalue weighted by Crippen LogP contribution is 2.01. The van der Waals surface area contributed by atoms with E-state index in [2.05, 4.69) is 27.7 Å². The molecule has 0 aliphatic heterocycles. The maximum atomic E-state index is 8.95. The van der Waals surface area contributed by atoms with E-state index in [4.69, 9.17) is 5.11 Å². The molecule has 1 aromatic rings. The fraction of sp³-hybridized carbons (Fsp3) is 0.500. The van der Waals surface area contributed by atoms with Crippen molar-refractivity contribution in [3.63, 3.8) is 0 Å². The van der Waals surface area contributed by atoms with E-state index in [1.54, 1.807) is 17.8 Å². The number of hydrogen-bond acceptors (Lipinski definition) is 2. The van der Waals surface area contributed by atoms with Gasteiger partial charge in [0.05, 0.1) is 22.4 Å².